The van der Waals surface area contributed by atoms with Crippen molar-refractivity contribution in [2.45, 2.75) is 21.3 Å². The summed E-state index contributed by atoms with van der Waals surface area (Å²) in [6.07, 6.45) is 0.500. The summed E-state index contributed by atoms with van der Waals surface area (Å²) in [5.74, 6) is 1.01. The number of halogens is 5. The molecule has 338 valence electrons. The van der Waals surface area contributed by atoms with E-state index >= 15 is 0 Å². The largest absolute Gasteiger partial charge is 0.493 e. The zero-order chi connectivity index (χ0) is 47.2. The number of hydrogen-bond donors (Lipinski definition) is 0. The van der Waals surface area contributed by atoms with E-state index in [1.54, 1.807) is 62.6 Å². The van der Waals surface area contributed by atoms with Crippen LogP contribution in [0.3, 0.4) is 0 Å². The molecule has 0 aliphatic heterocycles. The molecule has 0 amide bonds. The number of ketones is 1. The van der Waals surface area contributed by atoms with Crippen molar-refractivity contribution in [2.24, 2.45) is 5.92 Å². The van der Waals surface area contributed by atoms with Crippen molar-refractivity contribution in [3.63, 3.8) is 0 Å². The molecule has 0 saturated carbocycles. The van der Waals surface area contributed by atoms with Crippen LogP contribution in [-0.4, -0.2) is 92.1 Å². The summed E-state index contributed by atoms with van der Waals surface area (Å²) in [4.78, 5) is 78.0. The Labute approximate surface area is 377 Å². The van der Waals surface area contributed by atoms with E-state index in [2.05, 4.69) is 43.2 Å². The maximum Gasteiger partial charge on any atom is 0.373 e. The molecule has 3 aromatic carbocycles. The molecule has 61 heavy (non-hydrogen) atoms. The van der Waals surface area contributed by atoms with Gasteiger partial charge < -0.3 is 37.9 Å². The van der Waals surface area contributed by atoms with E-state index < -0.39 is 28.3 Å². The number of ether oxygens (including phenoxy) is 8. The first-order valence-electron chi connectivity index (χ1n) is 15.7. The molecule has 1 unspecified atom stereocenters. The van der Waals surface area contributed by atoms with Crippen LogP contribution in [0.2, 0.25) is 0 Å². The predicted octanol–water partition coefficient (Wildman–Crippen LogP) is 8.91. The molecule has 0 spiro atoms. The Hall–Kier alpha value is -5.08. The fourth-order valence-corrected chi connectivity index (χ4v) is 4.23. The van der Waals surface area contributed by atoms with Gasteiger partial charge in [0.25, 0.3) is 5.24 Å². The highest BCUT2D eigenvalue weighted by atomic mass is 36.0. The molecule has 0 bridgehead atoms. The Kier molecular flexibility index (Phi) is 35.5. The van der Waals surface area contributed by atoms with Crippen molar-refractivity contribution in [1.82, 2.24) is 0 Å². The van der Waals surface area contributed by atoms with Gasteiger partial charge in [0, 0.05) is 11.1 Å². The van der Waals surface area contributed by atoms with Gasteiger partial charge in [0.2, 0.25) is 0 Å². The highest BCUT2D eigenvalue weighted by Gasteiger charge is 2.24. The summed E-state index contributed by atoms with van der Waals surface area (Å²) in [5, 5.41) is -3.41. The van der Waals surface area contributed by atoms with Crippen LogP contribution in [0.15, 0.2) is 60.2 Å². The minimum absolute atomic E-state index is 0. The third-order valence-corrected chi connectivity index (χ3v) is 7.40. The average Bonchev–Trinajstić information content (AvgIpc) is 3.24. The Morgan fingerprint density at radius 1 is 0.557 bits per heavy atom. The van der Waals surface area contributed by atoms with E-state index in [0.717, 1.165) is 0 Å². The molecule has 0 aliphatic rings. The number of carbonyl (C=O) groups is 4. The number of hydrogen-bond acceptors (Lipinski definition) is 17. The first-order chi connectivity index (χ1) is 28.1. The minimum atomic E-state index is -3.22. The molecular weight excluding hydrogens is 937 g/mol. The second-order valence-electron chi connectivity index (χ2n) is 10.1. The van der Waals surface area contributed by atoms with Gasteiger partial charge >= 0.3 is 29.4 Å². The van der Waals surface area contributed by atoms with E-state index in [-0.39, 0.29) is 25.5 Å². The van der Waals surface area contributed by atoms with Crippen LogP contribution in [0, 0.1) is 5.92 Å². The van der Waals surface area contributed by atoms with Gasteiger partial charge in [0.1, 0.15) is 5.92 Å². The third kappa shape index (κ3) is 25.3. The second kappa shape index (κ2) is 34.6. The van der Waals surface area contributed by atoms with Gasteiger partial charge in [0.15, 0.2) is 40.3 Å². The van der Waals surface area contributed by atoms with Gasteiger partial charge in [-0.05, 0) is 119 Å². The predicted molar refractivity (Wildman–Crippen MR) is 227 cm³/mol. The van der Waals surface area contributed by atoms with Crippen molar-refractivity contribution in [3.8, 4) is 34.5 Å². The van der Waals surface area contributed by atoms with Crippen molar-refractivity contribution in [1.29, 1.82) is 0 Å². The highest BCUT2D eigenvalue weighted by Crippen LogP contribution is 2.61. The number of benzene rings is 3. The topological polar surface area (TPSA) is 227 Å². The van der Waals surface area contributed by atoms with Gasteiger partial charge in [-0.3, -0.25) is 18.9 Å². The number of methoxy groups -OCH3 is 8. The van der Waals surface area contributed by atoms with Gasteiger partial charge in [-0.15, -0.1) is 0 Å². The lowest BCUT2D eigenvalue weighted by Gasteiger charge is -2.11. The quantitative estimate of drug-likeness (QED) is 0.0412. The Balaban J connectivity index is -0.000000356. The van der Waals surface area contributed by atoms with E-state index in [4.69, 9.17) is 70.8 Å². The van der Waals surface area contributed by atoms with Crippen molar-refractivity contribution >= 4 is 102 Å². The molecule has 0 heterocycles. The Morgan fingerprint density at radius 3 is 1.15 bits per heavy atom. The molecule has 1 atom stereocenters. The zero-order valence-corrected chi connectivity index (χ0v) is 38.2. The van der Waals surface area contributed by atoms with Gasteiger partial charge in [-0.25, -0.2) is 4.79 Å². The average molecular weight is 981 g/mol. The van der Waals surface area contributed by atoms with Gasteiger partial charge in [0.05, 0.1) is 67.5 Å². The maximum absolute atomic E-state index is 12.0. The number of Topliss-reactive ketones (excluding diaryl/α,β-unsaturated/α-hetero) is 1. The lowest BCUT2D eigenvalue weighted by atomic mass is 9.99. The first-order valence-corrected chi connectivity index (χ1v) is 20.9. The van der Waals surface area contributed by atoms with Crippen LogP contribution >= 0.6 is 62.1 Å². The van der Waals surface area contributed by atoms with Crippen molar-refractivity contribution in [3.05, 3.63) is 76.9 Å². The van der Waals surface area contributed by atoms with E-state index in [1.807, 2.05) is 0 Å². The molecular formula is C38H44Cl5O17P. The number of rotatable bonds is 12. The molecule has 17 nitrogen and oxygen atoms in total. The van der Waals surface area contributed by atoms with E-state index in [1.165, 1.54) is 62.8 Å². The second-order valence-corrected chi connectivity index (χ2v) is 17.4. The van der Waals surface area contributed by atoms with Crippen LogP contribution in [-0.2, 0) is 42.8 Å². The molecule has 0 saturated heterocycles. The summed E-state index contributed by atoms with van der Waals surface area (Å²) >= 11 is 25.3. The highest BCUT2D eigenvalue weighted by molar-refractivity contribution is 8.24. The molecule has 0 N–H and O–H groups in total. The summed E-state index contributed by atoms with van der Waals surface area (Å²) < 4.78 is 49.1. The maximum atomic E-state index is 12.0. The van der Waals surface area contributed by atoms with Crippen LogP contribution < -0.4 is 28.4 Å². The third-order valence-electron chi connectivity index (χ3n) is 6.68. The molecule has 0 aromatic heterocycles. The van der Waals surface area contributed by atoms with Crippen molar-refractivity contribution < 1.29 is 80.8 Å². The lowest BCUT2D eigenvalue weighted by molar-refractivity contribution is -0.193. The van der Waals surface area contributed by atoms with Crippen LogP contribution in [0.1, 0.15) is 47.6 Å². The van der Waals surface area contributed by atoms with Crippen LogP contribution in [0.25, 0.3) is 5.03 Å². The standard InChI is InChI=1S/C13H15ClO4.C13H16O5.C9H9ClO3.2CO2.CH4.Cl3OP/c2*1-8(13(15)18-4)12(14)9-5-6-10(16-2)11(7-9)17-3;1-12-7-4-3-6(9(10)11)5-8(7)13-2;2*2-1-3;;1-5(2,3)4/h5-7H,1-4H3;5-8H,1-4H3;3-5H,1-2H3;;;1H4;/b12-8-;;;;;;. The fraction of sp³-hybridized carbons (Fsp3) is 0.316. The Bertz CT molecular complexity index is 1990. The number of esters is 2. The molecule has 0 aliphatic carbocycles. The fourth-order valence-electron chi connectivity index (χ4n) is 3.91. The van der Waals surface area contributed by atoms with E-state index in [9.17, 15) is 23.7 Å². The smallest absolute Gasteiger partial charge is 0.373 e. The van der Waals surface area contributed by atoms with Gasteiger partial charge in [-0.1, -0.05) is 19.0 Å². The van der Waals surface area contributed by atoms with Crippen LogP contribution in [0.4, 0.5) is 0 Å². The molecule has 3 rings (SSSR count). The minimum Gasteiger partial charge on any atom is -0.493 e. The van der Waals surface area contributed by atoms with E-state index in [0.29, 0.717) is 61.8 Å². The summed E-state index contributed by atoms with van der Waals surface area (Å²) in [7, 11) is 11.7. The SMILES string of the molecule is C.COC(=O)/C(C)=C(\Cl)c1ccc(OC)c(OC)c1.COC(=O)C(C)C(=O)c1ccc(OC)c(OC)c1.COc1ccc(C(=O)Cl)cc1OC.O=C=O.O=C=O.O=P(Cl)(Cl)Cl. The van der Waals surface area contributed by atoms with Gasteiger partial charge in [-0.2, -0.15) is 19.2 Å². The Morgan fingerprint density at radius 2 is 0.852 bits per heavy atom. The normalized spacial score (nSPS) is 10.1. The monoisotopic (exact) mass is 978 g/mol. The summed E-state index contributed by atoms with van der Waals surface area (Å²) in [5.41, 5.74) is 1.77. The molecule has 0 fully saturated rings. The van der Waals surface area contributed by atoms with Crippen molar-refractivity contribution in [2.75, 3.05) is 56.9 Å². The summed E-state index contributed by atoms with van der Waals surface area (Å²) in [6, 6.07) is 14.7. The lowest BCUT2D eigenvalue weighted by Crippen LogP contribution is -2.22. The number of carbonyl (C=O) groups excluding carboxylic acids is 8. The zero-order valence-electron chi connectivity index (χ0n) is 33.6. The van der Waals surface area contributed by atoms with Crippen LogP contribution in [0.5, 0.6) is 34.5 Å². The molecule has 0 radical (unpaired) electrons. The molecule has 23 heteroatoms. The molecule has 3 aromatic rings. The first kappa shape index (κ1) is 62.6. The summed E-state index contributed by atoms with van der Waals surface area (Å²) in [6.45, 7) is 3.11.